The SMILES string of the molecule is CCc1ccc2c(n1)oc1c(-c3cc(C)c(CC(C)C)c[n+]3C)c(C)ccc12.Cc1cc2[n+](cc1CC(C)C)Cc1ccc3c(oc4nc(C(C)C)ccc43)c1-2.[2H]C([2H])([2H])c1c[n+](C)c(-c2c(C)ccc3c2oc2nc(CC)ccc23)cc1C([2H])(C)C.[2H]C([2H])([2H])c1c[n+]2c(cc1C([2H])(C)C)-c1c(ccc3c1oc1nc(C(C)C)ccc13)C2. The first-order valence-corrected chi connectivity index (χ1v) is 39.2. The highest BCUT2D eigenvalue weighted by atomic mass is 16.4. The van der Waals surface area contributed by atoms with Gasteiger partial charge in [-0.15, -0.1) is 0 Å². The van der Waals surface area contributed by atoms with E-state index in [9.17, 15) is 0 Å². The van der Waals surface area contributed by atoms with Gasteiger partial charge in [-0.05, 0) is 197 Å². The zero-order chi connectivity index (χ0) is 84.6. The van der Waals surface area contributed by atoms with E-state index in [0.29, 0.717) is 52.8 Å². The summed E-state index contributed by atoms with van der Waals surface area (Å²) in [6.07, 6.45) is 11.9. The van der Waals surface area contributed by atoms with Crippen LogP contribution in [0.25, 0.3) is 133 Å². The van der Waals surface area contributed by atoms with Gasteiger partial charge in [-0.25, -0.2) is 29.1 Å². The van der Waals surface area contributed by atoms with Crippen molar-refractivity contribution >= 4 is 88.3 Å². The van der Waals surface area contributed by atoms with Crippen LogP contribution < -0.4 is 18.3 Å². The summed E-state index contributed by atoms with van der Waals surface area (Å²) in [7, 11) is 3.96. The van der Waals surface area contributed by atoms with Crippen molar-refractivity contribution in [3.63, 3.8) is 0 Å². The average molecular weight is 1470 g/mol. The summed E-state index contributed by atoms with van der Waals surface area (Å²) < 4.78 is 98.6. The number of fused-ring (bicyclic) bond motifs is 20. The molecule has 0 unspecified atom stereocenters. The maximum Gasteiger partial charge on any atom is 0.227 e. The van der Waals surface area contributed by atoms with E-state index in [1.165, 1.54) is 50.3 Å². The van der Waals surface area contributed by atoms with E-state index >= 15 is 0 Å². The topological polar surface area (TPSA) is 120 Å². The Labute approximate surface area is 659 Å². The highest BCUT2D eigenvalue weighted by Crippen LogP contribution is 2.44. The van der Waals surface area contributed by atoms with Crippen molar-refractivity contribution in [3.8, 4) is 45.0 Å². The van der Waals surface area contributed by atoms with Gasteiger partial charge in [0.15, 0.2) is 60.2 Å². The minimum absolute atomic E-state index is 0.197. The lowest BCUT2D eigenvalue weighted by Crippen LogP contribution is -2.33. The number of pyridine rings is 8. The van der Waals surface area contributed by atoms with Crippen molar-refractivity contribution < 1.29 is 46.9 Å². The van der Waals surface area contributed by atoms with Crippen molar-refractivity contribution in [3.05, 3.63) is 236 Å². The maximum atomic E-state index is 8.58. The Kier molecular flexibility index (Phi) is 17.5. The quantitative estimate of drug-likeness (QED) is 0.111. The molecular formula is C98H108N8O4+4. The Morgan fingerprint density at radius 1 is 0.373 bits per heavy atom. The first kappa shape index (κ1) is 65.2. The molecule has 0 radical (unpaired) electrons. The normalized spacial score (nSPS) is 14.0. The van der Waals surface area contributed by atoms with Crippen molar-refractivity contribution in [1.29, 1.82) is 0 Å². The lowest BCUT2D eigenvalue weighted by atomic mass is 9.94. The van der Waals surface area contributed by atoms with Gasteiger partial charge in [-0.2, -0.15) is 9.13 Å². The third-order valence-corrected chi connectivity index (χ3v) is 22.2. The molecule has 0 fully saturated rings. The molecule has 12 aromatic heterocycles. The second kappa shape index (κ2) is 29.6. The monoisotopic (exact) mass is 1470 g/mol. The number of nitrogens with zero attached hydrogens (tertiary/aromatic N) is 8. The van der Waals surface area contributed by atoms with Gasteiger partial charge in [0.1, 0.15) is 14.1 Å². The van der Waals surface area contributed by atoms with Gasteiger partial charge in [0.2, 0.25) is 45.6 Å². The molecular weight excluding hydrogens is 1350 g/mol. The zero-order valence-electron chi connectivity index (χ0n) is 75.6. The van der Waals surface area contributed by atoms with Crippen molar-refractivity contribution in [2.45, 2.75) is 201 Å². The second-order valence-electron chi connectivity index (χ2n) is 32.5. The van der Waals surface area contributed by atoms with Crippen LogP contribution in [0.3, 0.4) is 0 Å². The molecule has 16 aromatic rings. The molecule has 2 aliphatic heterocycles. The van der Waals surface area contributed by atoms with Gasteiger partial charge in [0.25, 0.3) is 0 Å². The summed E-state index contributed by atoms with van der Waals surface area (Å²) in [5, 5.41) is 8.38. The highest BCUT2D eigenvalue weighted by molar-refractivity contribution is 6.12. The molecule has 0 amide bonds. The average Bonchev–Trinajstić information content (AvgIpc) is 1.57. The molecule has 0 aliphatic carbocycles. The summed E-state index contributed by atoms with van der Waals surface area (Å²) in [6, 6.07) is 42.1. The summed E-state index contributed by atoms with van der Waals surface area (Å²) >= 11 is 0. The molecule has 14 heterocycles. The first-order chi connectivity index (χ1) is 55.7. The van der Waals surface area contributed by atoms with E-state index < -0.39 is 25.5 Å². The van der Waals surface area contributed by atoms with E-state index in [2.05, 4.69) is 202 Å². The van der Waals surface area contributed by atoms with Crippen LogP contribution in [0.5, 0.6) is 0 Å². The number of aryl methyl sites for hydroxylation is 10. The third-order valence-electron chi connectivity index (χ3n) is 22.2. The standard InChI is InChI=1S/C25H27N2O.C25H29N2O.C24H25N2O.C24H27N2O/c1-14(2)10-18-13-27-12-17-6-7-19-20-8-9-21(15(3)4)26-25(20)28-24(19)23(17)22(27)11-16(18)5;1-7-19-9-11-21-20-10-8-16(4)23(24(20)28-25(21)26-19)22-13-17(5)18(12-15(2)3)14-27(22)6;1-13(2)19-10-21-22-16(12-26(21)11-15(19)5)6-7-17-18-8-9-20(14(3)4)25-24(18)27-23(17)22;1-7-17-9-11-19-18-10-8-15(4)22(23(18)27-24(19)25-17)21-12-20(14(2)3)16(5)13-26(21)6/h6-9,11,13-15H,10,12H2,1-5H3;8-11,13-15H,7,12H2,1-6H3;6-11,13-14H,12H2,1-5H3;8-14H,7H2,1-6H3/q4*+1/i;;5D3,13D;5D3,14D. The largest absolute Gasteiger partial charge is 0.437 e. The van der Waals surface area contributed by atoms with Crippen molar-refractivity contribution in [2.24, 2.45) is 25.9 Å². The van der Waals surface area contributed by atoms with Crippen LogP contribution in [0.15, 0.2) is 164 Å². The van der Waals surface area contributed by atoms with Crippen LogP contribution in [0.2, 0.25) is 0 Å². The molecule has 18 rings (SSSR count). The molecule has 12 nitrogen and oxygen atoms in total. The lowest BCUT2D eigenvalue weighted by Gasteiger charge is -2.12. The van der Waals surface area contributed by atoms with E-state index in [4.69, 9.17) is 43.6 Å². The van der Waals surface area contributed by atoms with Crippen molar-refractivity contribution in [2.75, 3.05) is 0 Å². The minimum Gasteiger partial charge on any atom is -0.437 e. The number of benzene rings is 4. The smallest absolute Gasteiger partial charge is 0.227 e. The molecule has 0 bridgehead atoms. The maximum absolute atomic E-state index is 8.58. The van der Waals surface area contributed by atoms with Gasteiger partial charge in [-0.3, -0.25) is 0 Å². The predicted octanol–water partition coefficient (Wildman–Crippen LogP) is 23.4. The number of furan rings is 4. The predicted molar refractivity (Wildman–Crippen MR) is 449 cm³/mol. The third kappa shape index (κ3) is 13.6. The highest BCUT2D eigenvalue weighted by Gasteiger charge is 2.35. The number of hydrogen-bond acceptors (Lipinski definition) is 8. The van der Waals surface area contributed by atoms with Gasteiger partial charge >= 0.3 is 0 Å². The fraction of sp³-hybridized carbons (Fsp3) is 0.347. The van der Waals surface area contributed by atoms with E-state index in [-0.39, 0.29) is 11.1 Å². The van der Waals surface area contributed by atoms with E-state index in [1.54, 1.807) is 40.1 Å². The van der Waals surface area contributed by atoms with E-state index in [1.807, 2.05) is 65.6 Å². The van der Waals surface area contributed by atoms with Crippen LogP contribution in [0.4, 0.5) is 0 Å². The summed E-state index contributed by atoms with van der Waals surface area (Å²) in [4.78, 5) is 18.9. The molecule has 0 saturated carbocycles. The van der Waals surface area contributed by atoms with Gasteiger partial charge in [0.05, 0.1) is 22.3 Å². The molecule has 0 saturated heterocycles. The first-order valence-electron chi connectivity index (χ1n) is 43.2. The fourth-order valence-corrected chi connectivity index (χ4v) is 16.2. The van der Waals surface area contributed by atoms with Gasteiger partial charge < -0.3 is 17.7 Å². The number of rotatable bonds is 12. The summed E-state index contributed by atoms with van der Waals surface area (Å²) in [6.45, 7) is 34.2. The van der Waals surface area contributed by atoms with Gasteiger partial charge in [0, 0.05) is 134 Å². The Morgan fingerprint density at radius 3 is 1.15 bits per heavy atom. The Bertz CT molecular complexity index is 6700. The van der Waals surface area contributed by atoms with Crippen LogP contribution >= 0.6 is 0 Å². The second-order valence-corrected chi connectivity index (χ2v) is 32.5. The zero-order valence-corrected chi connectivity index (χ0v) is 67.6. The number of hydrogen-bond donors (Lipinski definition) is 0. The Hall–Kier alpha value is -10.7. The molecule has 560 valence electrons. The summed E-state index contributed by atoms with van der Waals surface area (Å²) in [5.41, 5.74) is 30.2. The number of aromatic nitrogens is 8. The molecule has 110 heavy (non-hydrogen) atoms. The van der Waals surface area contributed by atoms with Gasteiger partial charge in [-0.1, -0.05) is 133 Å². The molecule has 0 atom stereocenters. The van der Waals surface area contributed by atoms with Crippen LogP contribution in [-0.2, 0) is 52.9 Å². The van der Waals surface area contributed by atoms with Crippen LogP contribution in [0, 0.1) is 53.2 Å². The Morgan fingerprint density at radius 2 is 0.727 bits per heavy atom. The summed E-state index contributed by atoms with van der Waals surface area (Å²) in [5.74, 6) is -0.118. The van der Waals surface area contributed by atoms with Crippen LogP contribution in [0.1, 0.15) is 221 Å². The molecule has 0 N–H and O–H groups in total. The minimum atomic E-state index is -2.30. The molecule has 4 aromatic carbocycles. The lowest BCUT2D eigenvalue weighted by molar-refractivity contribution is -0.672. The van der Waals surface area contributed by atoms with E-state index in [0.717, 1.165) is 171 Å². The fourth-order valence-electron chi connectivity index (χ4n) is 16.2. The van der Waals surface area contributed by atoms with Crippen LogP contribution in [-0.4, -0.2) is 19.9 Å². The van der Waals surface area contributed by atoms with Crippen molar-refractivity contribution in [1.82, 2.24) is 19.9 Å². The molecule has 0 spiro atoms. The molecule has 12 heteroatoms. The molecule has 2 aliphatic rings. The Balaban J connectivity index is 0.000000123.